The van der Waals surface area contributed by atoms with Crippen LogP contribution in [0.4, 0.5) is 0 Å². The molecule has 0 heterocycles. The molecule has 0 N–H and O–H groups in total. The van der Waals surface area contributed by atoms with Crippen LogP contribution in [0.25, 0.3) is 0 Å². The fraction of sp³-hybridized carbons (Fsp3) is 0.786. The lowest BCUT2D eigenvalue weighted by Crippen LogP contribution is -2.20. The fourth-order valence-electron chi connectivity index (χ4n) is 5.52. The Balaban J connectivity index is 1.25. The van der Waals surface area contributed by atoms with Crippen molar-refractivity contribution >= 4 is 0 Å². The molecule has 0 atom stereocenters. The van der Waals surface area contributed by atoms with Crippen LogP contribution in [-0.4, -0.2) is 13.2 Å². The van der Waals surface area contributed by atoms with Crippen LogP contribution < -0.4 is 9.47 Å². The molecule has 0 saturated heterocycles. The van der Waals surface area contributed by atoms with Crippen LogP contribution in [0, 0.1) is 23.7 Å². The molecule has 0 bridgehead atoms. The first-order valence-corrected chi connectivity index (χ1v) is 13.1. The molecule has 0 aliphatic heterocycles. The standard InChI is InChI=1S/C28H46O2/c1-3-5-7-24-13-15-26(16-14-24)22-30-28-19-17-27(18-20-28)29-21-6-8-25-11-9-23(4-2)10-12-25/h17-20,23-26H,3-16,21-22H2,1-2H3. The Labute approximate surface area is 186 Å². The number of benzene rings is 1. The second-order valence-electron chi connectivity index (χ2n) is 10.1. The van der Waals surface area contributed by atoms with E-state index in [0.29, 0.717) is 0 Å². The van der Waals surface area contributed by atoms with E-state index in [0.717, 1.165) is 48.4 Å². The van der Waals surface area contributed by atoms with Gasteiger partial charge in [0.1, 0.15) is 11.5 Å². The summed E-state index contributed by atoms with van der Waals surface area (Å²) >= 11 is 0. The SMILES string of the molecule is CCCCC1CCC(COc2ccc(OCCCC3CCC(CC)CC3)cc2)CC1. The summed E-state index contributed by atoms with van der Waals surface area (Å²) in [7, 11) is 0. The van der Waals surface area contributed by atoms with Crippen molar-refractivity contribution in [2.75, 3.05) is 13.2 Å². The summed E-state index contributed by atoms with van der Waals surface area (Å²) in [5.74, 6) is 5.62. The van der Waals surface area contributed by atoms with Crippen molar-refractivity contribution in [3.8, 4) is 11.5 Å². The Kier molecular flexibility index (Phi) is 10.4. The van der Waals surface area contributed by atoms with Gasteiger partial charge in [0.15, 0.2) is 0 Å². The Morgan fingerprint density at radius 3 is 1.70 bits per heavy atom. The number of hydrogen-bond acceptors (Lipinski definition) is 2. The van der Waals surface area contributed by atoms with Gasteiger partial charge in [-0.25, -0.2) is 0 Å². The van der Waals surface area contributed by atoms with Gasteiger partial charge in [-0.3, -0.25) is 0 Å². The van der Waals surface area contributed by atoms with Crippen LogP contribution in [0.1, 0.15) is 104 Å². The Morgan fingerprint density at radius 1 is 0.633 bits per heavy atom. The molecular formula is C28H46O2. The van der Waals surface area contributed by atoms with Gasteiger partial charge in [-0.05, 0) is 73.6 Å². The van der Waals surface area contributed by atoms with E-state index < -0.39 is 0 Å². The maximum atomic E-state index is 6.08. The molecular weight excluding hydrogens is 368 g/mol. The first kappa shape index (κ1) is 23.5. The van der Waals surface area contributed by atoms with Crippen molar-refractivity contribution in [2.45, 2.75) is 104 Å². The highest BCUT2D eigenvalue weighted by Gasteiger charge is 2.21. The second-order valence-corrected chi connectivity index (χ2v) is 10.1. The summed E-state index contributed by atoms with van der Waals surface area (Å²) in [5, 5.41) is 0. The van der Waals surface area contributed by atoms with Gasteiger partial charge in [0, 0.05) is 0 Å². The van der Waals surface area contributed by atoms with E-state index in [1.165, 1.54) is 89.9 Å². The summed E-state index contributed by atoms with van der Waals surface area (Å²) in [4.78, 5) is 0. The van der Waals surface area contributed by atoms with Crippen molar-refractivity contribution in [2.24, 2.45) is 23.7 Å². The van der Waals surface area contributed by atoms with Gasteiger partial charge < -0.3 is 9.47 Å². The Morgan fingerprint density at radius 2 is 1.13 bits per heavy atom. The normalized spacial score (nSPS) is 27.0. The number of unbranched alkanes of at least 4 members (excludes halogenated alkanes) is 1. The molecule has 2 saturated carbocycles. The number of rotatable bonds is 12. The van der Waals surface area contributed by atoms with Gasteiger partial charge in [0.05, 0.1) is 13.2 Å². The third-order valence-corrected chi connectivity index (χ3v) is 7.81. The first-order chi connectivity index (χ1) is 14.8. The van der Waals surface area contributed by atoms with Gasteiger partial charge in [0.25, 0.3) is 0 Å². The van der Waals surface area contributed by atoms with Gasteiger partial charge in [0.2, 0.25) is 0 Å². The van der Waals surface area contributed by atoms with E-state index in [1.54, 1.807) is 0 Å². The fourth-order valence-corrected chi connectivity index (χ4v) is 5.52. The predicted octanol–water partition coefficient (Wildman–Crippen LogP) is 8.44. The minimum Gasteiger partial charge on any atom is -0.494 e. The van der Waals surface area contributed by atoms with Crippen LogP contribution >= 0.6 is 0 Å². The topological polar surface area (TPSA) is 18.5 Å². The summed E-state index contributed by atoms with van der Waals surface area (Å²) in [6.45, 7) is 6.36. The zero-order valence-electron chi connectivity index (χ0n) is 19.7. The van der Waals surface area contributed by atoms with Gasteiger partial charge in [-0.1, -0.05) is 78.1 Å². The average molecular weight is 415 g/mol. The molecule has 1 aromatic rings. The molecule has 30 heavy (non-hydrogen) atoms. The van der Waals surface area contributed by atoms with Crippen molar-refractivity contribution in [3.05, 3.63) is 24.3 Å². The molecule has 0 spiro atoms. The molecule has 170 valence electrons. The van der Waals surface area contributed by atoms with Crippen molar-refractivity contribution in [1.29, 1.82) is 0 Å². The van der Waals surface area contributed by atoms with Crippen molar-refractivity contribution in [1.82, 2.24) is 0 Å². The third kappa shape index (κ3) is 8.16. The summed E-state index contributed by atoms with van der Waals surface area (Å²) in [5.41, 5.74) is 0. The van der Waals surface area contributed by atoms with E-state index in [2.05, 4.69) is 38.1 Å². The minimum absolute atomic E-state index is 0.742. The highest BCUT2D eigenvalue weighted by molar-refractivity contribution is 5.31. The molecule has 1 aromatic carbocycles. The van der Waals surface area contributed by atoms with Crippen LogP contribution in [0.3, 0.4) is 0 Å². The molecule has 0 unspecified atom stereocenters. The molecule has 0 amide bonds. The second kappa shape index (κ2) is 13.3. The summed E-state index contributed by atoms with van der Waals surface area (Å²) < 4.78 is 12.1. The van der Waals surface area contributed by atoms with Crippen LogP contribution in [0.2, 0.25) is 0 Å². The first-order valence-electron chi connectivity index (χ1n) is 13.1. The molecule has 2 nitrogen and oxygen atoms in total. The zero-order chi connectivity index (χ0) is 21.0. The van der Waals surface area contributed by atoms with Gasteiger partial charge in [-0.2, -0.15) is 0 Å². The van der Waals surface area contributed by atoms with Gasteiger partial charge in [-0.15, -0.1) is 0 Å². The molecule has 2 aliphatic carbocycles. The van der Waals surface area contributed by atoms with Gasteiger partial charge >= 0.3 is 0 Å². The molecule has 0 radical (unpaired) electrons. The monoisotopic (exact) mass is 414 g/mol. The zero-order valence-corrected chi connectivity index (χ0v) is 19.7. The Bertz CT molecular complexity index is 551. The quantitative estimate of drug-likeness (QED) is 0.319. The Hall–Kier alpha value is -1.18. The van der Waals surface area contributed by atoms with Crippen molar-refractivity contribution in [3.63, 3.8) is 0 Å². The number of ether oxygens (including phenoxy) is 2. The average Bonchev–Trinajstić information content (AvgIpc) is 2.81. The lowest BCUT2D eigenvalue weighted by atomic mass is 9.79. The summed E-state index contributed by atoms with van der Waals surface area (Å²) in [6, 6.07) is 8.30. The highest BCUT2D eigenvalue weighted by Crippen LogP contribution is 2.34. The smallest absolute Gasteiger partial charge is 0.119 e. The third-order valence-electron chi connectivity index (χ3n) is 7.81. The van der Waals surface area contributed by atoms with E-state index in [9.17, 15) is 0 Å². The predicted molar refractivity (Wildman–Crippen MR) is 127 cm³/mol. The molecule has 2 heteroatoms. The molecule has 2 fully saturated rings. The molecule has 2 aliphatic rings. The van der Waals surface area contributed by atoms with E-state index >= 15 is 0 Å². The van der Waals surface area contributed by atoms with Crippen LogP contribution in [-0.2, 0) is 0 Å². The minimum atomic E-state index is 0.742. The largest absolute Gasteiger partial charge is 0.494 e. The number of hydrogen-bond donors (Lipinski definition) is 0. The van der Waals surface area contributed by atoms with E-state index in [1.807, 2.05) is 0 Å². The van der Waals surface area contributed by atoms with E-state index in [4.69, 9.17) is 9.47 Å². The molecule has 0 aromatic heterocycles. The van der Waals surface area contributed by atoms with Crippen LogP contribution in [0.15, 0.2) is 24.3 Å². The van der Waals surface area contributed by atoms with Crippen LogP contribution in [0.5, 0.6) is 11.5 Å². The maximum Gasteiger partial charge on any atom is 0.119 e. The highest BCUT2D eigenvalue weighted by atomic mass is 16.5. The maximum absolute atomic E-state index is 6.08. The summed E-state index contributed by atoms with van der Waals surface area (Å²) in [6.07, 6.45) is 19.3. The van der Waals surface area contributed by atoms with E-state index in [-0.39, 0.29) is 0 Å². The van der Waals surface area contributed by atoms with Crippen molar-refractivity contribution < 1.29 is 9.47 Å². The lowest BCUT2D eigenvalue weighted by molar-refractivity contribution is 0.178. The lowest BCUT2D eigenvalue weighted by Gasteiger charge is -2.28. The molecule has 3 rings (SSSR count).